The minimum atomic E-state index is 0.657. The van der Waals surface area contributed by atoms with Crippen LogP contribution in [0.2, 0.25) is 0 Å². The van der Waals surface area contributed by atoms with Crippen molar-refractivity contribution in [2.24, 2.45) is 0 Å². The van der Waals surface area contributed by atoms with E-state index in [-0.39, 0.29) is 0 Å². The van der Waals surface area contributed by atoms with Gasteiger partial charge in [0.15, 0.2) is 17.1 Å². The van der Waals surface area contributed by atoms with E-state index in [2.05, 4.69) is 41.3 Å². The molecule has 6 aromatic rings. The highest BCUT2D eigenvalue weighted by Crippen LogP contribution is 2.43. The summed E-state index contributed by atoms with van der Waals surface area (Å²) in [6.07, 6.45) is 0. The molecule has 0 bridgehead atoms. The van der Waals surface area contributed by atoms with Crippen molar-refractivity contribution in [1.82, 2.24) is 14.8 Å². The van der Waals surface area contributed by atoms with Gasteiger partial charge in [-0.3, -0.25) is 0 Å². The number of ether oxygens (including phenoxy) is 2. The van der Waals surface area contributed by atoms with E-state index in [0.717, 1.165) is 55.7 Å². The molecule has 0 unspecified atom stereocenters. The fourth-order valence-electron chi connectivity index (χ4n) is 4.89. The maximum atomic E-state index is 5.74. The summed E-state index contributed by atoms with van der Waals surface area (Å²) in [5, 5.41) is 8.06. The predicted molar refractivity (Wildman–Crippen MR) is 155 cm³/mol. The number of methoxy groups -OCH3 is 2. The van der Waals surface area contributed by atoms with E-state index < -0.39 is 0 Å². The van der Waals surface area contributed by atoms with Crippen molar-refractivity contribution in [2.75, 3.05) is 33.2 Å². The summed E-state index contributed by atoms with van der Waals surface area (Å²) in [4.78, 5) is 7.38. The average molecular weight is 501 g/mol. The van der Waals surface area contributed by atoms with Gasteiger partial charge in [0, 0.05) is 41.7 Å². The highest BCUT2D eigenvalue weighted by molar-refractivity contribution is 6.16. The normalized spacial score (nSPS) is 11.2. The second-order valence-electron chi connectivity index (χ2n) is 9.32. The van der Waals surface area contributed by atoms with Gasteiger partial charge in [-0.05, 0) is 36.4 Å². The number of benzene rings is 4. The Hall–Kier alpha value is -4.84. The van der Waals surface area contributed by atoms with Gasteiger partial charge >= 0.3 is 0 Å². The summed E-state index contributed by atoms with van der Waals surface area (Å²) in [6.45, 7) is 0. The van der Waals surface area contributed by atoms with Crippen molar-refractivity contribution < 1.29 is 9.47 Å². The molecule has 4 aromatic carbocycles. The first-order chi connectivity index (χ1) is 18.6. The third-order valence-electron chi connectivity index (χ3n) is 6.83. The summed E-state index contributed by atoms with van der Waals surface area (Å²) < 4.78 is 13.4. The van der Waals surface area contributed by atoms with E-state index in [1.807, 2.05) is 79.4 Å². The van der Waals surface area contributed by atoms with Crippen molar-refractivity contribution in [2.45, 2.75) is 0 Å². The van der Waals surface area contributed by atoms with E-state index in [4.69, 9.17) is 19.6 Å². The Bertz CT molecular complexity index is 1740. The Balaban J connectivity index is 1.77. The molecule has 6 heteroatoms. The van der Waals surface area contributed by atoms with Gasteiger partial charge in [-0.2, -0.15) is 5.10 Å². The first-order valence-corrected chi connectivity index (χ1v) is 12.5. The maximum Gasteiger partial charge on any atom is 0.164 e. The third kappa shape index (κ3) is 3.91. The second kappa shape index (κ2) is 9.56. The number of nitrogens with zero attached hydrogens (tertiary/aromatic N) is 4. The van der Waals surface area contributed by atoms with Gasteiger partial charge in [-0.15, -0.1) is 0 Å². The fraction of sp³-hybridized carbons (Fsp3) is 0.125. The van der Waals surface area contributed by atoms with Crippen LogP contribution in [0.25, 0.3) is 50.0 Å². The molecule has 0 atom stereocenters. The molecule has 0 aliphatic heterocycles. The van der Waals surface area contributed by atoms with Crippen LogP contribution in [0, 0.1) is 0 Å². The quantitative estimate of drug-likeness (QED) is 0.247. The standard InChI is InChI=1S/C32H28N4O2/c1-35(2)23-17-15-22(16-18-23)30-26-20-28(38-4)27(37-3)19-25(26)29-31(21-11-7-5-8-12-21)34-36(32(29)33-30)24-13-9-6-10-14-24/h5-20H,1-4H3. The molecule has 2 heterocycles. The molecule has 0 aliphatic carbocycles. The van der Waals surface area contributed by atoms with Gasteiger partial charge in [0.1, 0.15) is 5.69 Å². The first kappa shape index (κ1) is 23.6. The number of pyridine rings is 1. The van der Waals surface area contributed by atoms with E-state index in [9.17, 15) is 0 Å². The van der Waals surface area contributed by atoms with Gasteiger partial charge < -0.3 is 14.4 Å². The second-order valence-corrected chi connectivity index (χ2v) is 9.32. The van der Waals surface area contributed by atoms with E-state index in [1.165, 1.54) is 0 Å². The van der Waals surface area contributed by atoms with Crippen molar-refractivity contribution in [3.05, 3.63) is 97.1 Å². The van der Waals surface area contributed by atoms with Crippen LogP contribution in [0.15, 0.2) is 97.1 Å². The van der Waals surface area contributed by atoms with Crippen LogP contribution in [0.5, 0.6) is 11.5 Å². The molecule has 0 fully saturated rings. The van der Waals surface area contributed by atoms with Crippen LogP contribution in [0.1, 0.15) is 0 Å². The number of hydrogen-bond acceptors (Lipinski definition) is 5. The molecule has 0 saturated heterocycles. The van der Waals surface area contributed by atoms with Crippen LogP contribution in [-0.2, 0) is 0 Å². The van der Waals surface area contributed by atoms with Crippen LogP contribution >= 0.6 is 0 Å². The zero-order chi connectivity index (χ0) is 26.2. The van der Waals surface area contributed by atoms with Gasteiger partial charge in [-0.25, -0.2) is 9.67 Å². The average Bonchev–Trinajstić information content (AvgIpc) is 3.36. The third-order valence-corrected chi connectivity index (χ3v) is 6.83. The largest absolute Gasteiger partial charge is 0.493 e. The number of aromatic nitrogens is 3. The molecular formula is C32H28N4O2. The lowest BCUT2D eigenvalue weighted by atomic mass is 9.98. The monoisotopic (exact) mass is 500 g/mol. The van der Waals surface area contributed by atoms with Gasteiger partial charge in [-0.1, -0.05) is 60.7 Å². The summed E-state index contributed by atoms with van der Waals surface area (Å²) in [5.41, 5.74) is 6.60. The summed E-state index contributed by atoms with van der Waals surface area (Å²) in [5.74, 6) is 1.32. The number of anilines is 1. The smallest absolute Gasteiger partial charge is 0.164 e. The summed E-state index contributed by atoms with van der Waals surface area (Å²) in [6, 6.07) is 32.9. The molecule has 0 N–H and O–H groups in total. The zero-order valence-electron chi connectivity index (χ0n) is 21.8. The van der Waals surface area contributed by atoms with Crippen LogP contribution < -0.4 is 14.4 Å². The topological polar surface area (TPSA) is 52.4 Å². The van der Waals surface area contributed by atoms with Gasteiger partial charge in [0.25, 0.3) is 0 Å². The zero-order valence-corrected chi connectivity index (χ0v) is 21.8. The molecule has 6 nitrogen and oxygen atoms in total. The number of rotatable bonds is 6. The first-order valence-electron chi connectivity index (χ1n) is 12.5. The van der Waals surface area contributed by atoms with E-state index in [1.54, 1.807) is 14.2 Å². The Morgan fingerprint density at radius 2 is 1.24 bits per heavy atom. The van der Waals surface area contributed by atoms with Crippen molar-refractivity contribution >= 4 is 27.5 Å². The Labute approximate surface area is 221 Å². The molecule has 0 spiro atoms. The molecule has 0 saturated carbocycles. The van der Waals surface area contributed by atoms with Crippen LogP contribution in [-0.4, -0.2) is 43.1 Å². The molecular weight excluding hydrogens is 472 g/mol. The minimum absolute atomic E-state index is 0.657. The highest BCUT2D eigenvalue weighted by atomic mass is 16.5. The Kier molecular flexibility index (Phi) is 5.92. The molecule has 2 aromatic heterocycles. The highest BCUT2D eigenvalue weighted by Gasteiger charge is 2.22. The van der Waals surface area contributed by atoms with Crippen LogP contribution in [0.4, 0.5) is 5.69 Å². The molecule has 188 valence electrons. The SMILES string of the molecule is COc1cc2c(-c3ccc(N(C)C)cc3)nc3c(c(-c4ccccc4)nn3-c3ccccc3)c2cc1OC. The molecule has 6 rings (SSSR count). The fourth-order valence-corrected chi connectivity index (χ4v) is 4.89. The summed E-state index contributed by atoms with van der Waals surface area (Å²) in [7, 11) is 7.39. The van der Waals surface area contributed by atoms with Crippen LogP contribution in [0.3, 0.4) is 0 Å². The van der Waals surface area contributed by atoms with E-state index in [0.29, 0.717) is 11.5 Å². The molecule has 0 amide bonds. The number of hydrogen-bond donors (Lipinski definition) is 0. The van der Waals surface area contributed by atoms with Gasteiger partial charge in [0.2, 0.25) is 0 Å². The van der Waals surface area contributed by atoms with Crippen molar-refractivity contribution in [3.63, 3.8) is 0 Å². The Morgan fingerprint density at radius 1 is 0.658 bits per heavy atom. The van der Waals surface area contributed by atoms with Crippen molar-refractivity contribution in [3.8, 4) is 39.7 Å². The lowest BCUT2D eigenvalue weighted by Crippen LogP contribution is -2.08. The number of para-hydroxylation sites is 1. The molecule has 0 aliphatic rings. The Morgan fingerprint density at radius 3 is 1.84 bits per heavy atom. The lowest BCUT2D eigenvalue weighted by Gasteiger charge is -2.15. The maximum absolute atomic E-state index is 5.74. The summed E-state index contributed by atoms with van der Waals surface area (Å²) >= 11 is 0. The van der Waals surface area contributed by atoms with Crippen molar-refractivity contribution in [1.29, 1.82) is 0 Å². The minimum Gasteiger partial charge on any atom is -0.493 e. The van der Waals surface area contributed by atoms with E-state index >= 15 is 0 Å². The van der Waals surface area contributed by atoms with Gasteiger partial charge in [0.05, 0.1) is 31.0 Å². The number of fused-ring (bicyclic) bond motifs is 3. The molecule has 0 radical (unpaired) electrons. The molecule has 38 heavy (non-hydrogen) atoms. The predicted octanol–water partition coefficient (Wildman–Crippen LogP) is 6.99. The lowest BCUT2D eigenvalue weighted by molar-refractivity contribution is 0.356.